The molecule has 2 heterocycles. The normalized spacial score (nSPS) is 29.0. The second-order valence-corrected chi connectivity index (χ2v) is 6.56. The second kappa shape index (κ2) is 6.45. The first kappa shape index (κ1) is 13.7. The summed E-state index contributed by atoms with van der Waals surface area (Å²) in [5.74, 6) is 0.730. The van der Waals surface area contributed by atoms with Gasteiger partial charge in [0.2, 0.25) is 5.91 Å². The van der Waals surface area contributed by atoms with Crippen LogP contribution in [0.1, 0.15) is 38.5 Å². The number of carboxylic acid groups (broad SMARTS) is 1. The molecular formula is C13H21NO3S. The number of carbonyl (C=O) groups is 2. The van der Waals surface area contributed by atoms with E-state index in [0.717, 1.165) is 38.0 Å². The van der Waals surface area contributed by atoms with Crippen LogP contribution < -0.4 is 0 Å². The van der Waals surface area contributed by atoms with Gasteiger partial charge in [0.25, 0.3) is 0 Å². The SMILES string of the molecule is O=C(O)CC1CCCN(C(=O)C2CCCCS2)C1. The molecule has 0 saturated carbocycles. The fourth-order valence-corrected chi connectivity index (χ4v) is 4.10. The minimum Gasteiger partial charge on any atom is -0.481 e. The van der Waals surface area contributed by atoms with Gasteiger partial charge in [0.05, 0.1) is 5.25 Å². The van der Waals surface area contributed by atoms with Crippen molar-refractivity contribution in [3.63, 3.8) is 0 Å². The molecule has 0 aromatic carbocycles. The molecule has 0 aromatic rings. The number of carbonyl (C=O) groups excluding carboxylic acids is 1. The Morgan fingerprint density at radius 1 is 1.22 bits per heavy atom. The number of thioether (sulfide) groups is 1. The number of rotatable bonds is 3. The number of amides is 1. The Balaban J connectivity index is 1.87. The number of hydrogen-bond acceptors (Lipinski definition) is 3. The third-order valence-corrected chi connectivity index (χ3v) is 5.11. The van der Waals surface area contributed by atoms with Crippen LogP contribution in [0.3, 0.4) is 0 Å². The first-order valence-electron chi connectivity index (χ1n) is 6.79. The lowest BCUT2D eigenvalue weighted by Crippen LogP contribution is -2.45. The third kappa shape index (κ3) is 3.64. The number of carboxylic acids is 1. The van der Waals surface area contributed by atoms with Gasteiger partial charge in [-0.15, -0.1) is 11.8 Å². The molecule has 18 heavy (non-hydrogen) atoms. The molecule has 2 unspecified atom stereocenters. The van der Waals surface area contributed by atoms with Crippen molar-refractivity contribution in [2.75, 3.05) is 18.8 Å². The van der Waals surface area contributed by atoms with E-state index in [-0.39, 0.29) is 23.5 Å². The standard InChI is InChI=1S/C13H21NO3S/c15-12(16)8-10-4-3-6-14(9-10)13(17)11-5-1-2-7-18-11/h10-11H,1-9H2,(H,15,16). The minimum absolute atomic E-state index is 0.127. The Kier molecular flexibility index (Phi) is 4.92. The van der Waals surface area contributed by atoms with Gasteiger partial charge in [-0.3, -0.25) is 9.59 Å². The van der Waals surface area contributed by atoms with Crippen LogP contribution in [0, 0.1) is 5.92 Å². The van der Waals surface area contributed by atoms with Crippen LogP contribution >= 0.6 is 11.8 Å². The highest BCUT2D eigenvalue weighted by atomic mass is 32.2. The van der Waals surface area contributed by atoms with Gasteiger partial charge in [0.1, 0.15) is 0 Å². The molecule has 0 spiro atoms. The number of aliphatic carboxylic acids is 1. The number of piperidine rings is 1. The van der Waals surface area contributed by atoms with Crippen molar-refractivity contribution in [2.45, 2.75) is 43.8 Å². The summed E-state index contributed by atoms with van der Waals surface area (Å²) >= 11 is 1.77. The van der Waals surface area contributed by atoms with Gasteiger partial charge < -0.3 is 10.0 Å². The molecule has 0 radical (unpaired) electrons. The van der Waals surface area contributed by atoms with Gasteiger partial charge in [-0.25, -0.2) is 0 Å². The molecular weight excluding hydrogens is 250 g/mol. The average Bonchev–Trinajstić information content (AvgIpc) is 2.38. The summed E-state index contributed by atoms with van der Waals surface area (Å²) < 4.78 is 0. The van der Waals surface area contributed by atoms with Crippen molar-refractivity contribution in [2.24, 2.45) is 5.92 Å². The first-order chi connectivity index (χ1) is 8.66. The van der Waals surface area contributed by atoms with Crippen LogP contribution in [-0.2, 0) is 9.59 Å². The van der Waals surface area contributed by atoms with E-state index in [0.29, 0.717) is 6.54 Å². The van der Waals surface area contributed by atoms with E-state index in [1.54, 1.807) is 11.8 Å². The summed E-state index contributed by atoms with van der Waals surface area (Å²) in [6.45, 7) is 1.45. The van der Waals surface area contributed by atoms with Crippen LogP contribution in [0.15, 0.2) is 0 Å². The van der Waals surface area contributed by atoms with Crippen molar-refractivity contribution < 1.29 is 14.7 Å². The Morgan fingerprint density at radius 3 is 2.72 bits per heavy atom. The van der Waals surface area contributed by atoms with Gasteiger partial charge in [0.15, 0.2) is 0 Å². The summed E-state index contributed by atoms with van der Waals surface area (Å²) in [6.07, 6.45) is 5.44. The summed E-state index contributed by atoms with van der Waals surface area (Å²) in [6, 6.07) is 0. The highest BCUT2D eigenvalue weighted by molar-refractivity contribution is 8.00. The molecule has 2 atom stereocenters. The molecule has 102 valence electrons. The molecule has 2 fully saturated rings. The smallest absolute Gasteiger partial charge is 0.303 e. The Bertz CT molecular complexity index is 315. The number of nitrogens with zero attached hydrogens (tertiary/aromatic N) is 1. The van der Waals surface area contributed by atoms with E-state index in [1.165, 1.54) is 6.42 Å². The summed E-state index contributed by atoms with van der Waals surface area (Å²) in [5, 5.41) is 8.96. The van der Waals surface area contributed by atoms with Gasteiger partial charge in [-0.05, 0) is 37.4 Å². The van der Waals surface area contributed by atoms with Crippen LogP contribution in [0.5, 0.6) is 0 Å². The van der Waals surface area contributed by atoms with Crippen molar-refractivity contribution in [1.29, 1.82) is 0 Å². The zero-order valence-corrected chi connectivity index (χ0v) is 11.5. The third-order valence-electron chi connectivity index (χ3n) is 3.75. The maximum Gasteiger partial charge on any atom is 0.303 e. The second-order valence-electron chi connectivity index (χ2n) is 5.25. The quantitative estimate of drug-likeness (QED) is 0.853. The van der Waals surface area contributed by atoms with Crippen molar-refractivity contribution in [3.8, 4) is 0 Å². The van der Waals surface area contributed by atoms with Gasteiger partial charge in [-0.2, -0.15) is 0 Å². The molecule has 1 N–H and O–H groups in total. The molecule has 2 aliphatic rings. The van der Waals surface area contributed by atoms with Gasteiger partial charge in [-0.1, -0.05) is 6.42 Å². The summed E-state index contributed by atoms with van der Waals surface area (Å²) in [7, 11) is 0. The molecule has 0 aromatic heterocycles. The highest BCUT2D eigenvalue weighted by Crippen LogP contribution is 2.28. The lowest BCUT2D eigenvalue weighted by Gasteiger charge is -2.35. The molecule has 2 saturated heterocycles. The van der Waals surface area contributed by atoms with E-state index in [1.807, 2.05) is 4.90 Å². The lowest BCUT2D eigenvalue weighted by molar-refractivity contribution is -0.140. The topological polar surface area (TPSA) is 57.6 Å². The van der Waals surface area contributed by atoms with E-state index >= 15 is 0 Å². The van der Waals surface area contributed by atoms with Crippen LogP contribution in [0.4, 0.5) is 0 Å². The number of likely N-dealkylation sites (tertiary alicyclic amines) is 1. The predicted molar refractivity (Wildman–Crippen MR) is 71.7 cm³/mol. The Morgan fingerprint density at radius 2 is 2.06 bits per heavy atom. The molecule has 0 aliphatic carbocycles. The Labute approximate surface area is 112 Å². The highest BCUT2D eigenvalue weighted by Gasteiger charge is 2.30. The number of hydrogen-bond donors (Lipinski definition) is 1. The molecule has 1 amide bonds. The maximum atomic E-state index is 12.3. The largest absolute Gasteiger partial charge is 0.481 e. The lowest BCUT2D eigenvalue weighted by atomic mass is 9.94. The Hall–Kier alpha value is -0.710. The predicted octanol–water partition coefficient (Wildman–Crippen LogP) is 1.99. The van der Waals surface area contributed by atoms with Crippen LogP contribution in [-0.4, -0.2) is 46.0 Å². The van der Waals surface area contributed by atoms with Crippen molar-refractivity contribution in [3.05, 3.63) is 0 Å². The van der Waals surface area contributed by atoms with E-state index in [2.05, 4.69) is 0 Å². The maximum absolute atomic E-state index is 12.3. The van der Waals surface area contributed by atoms with Crippen molar-refractivity contribution in [1.82, 2.24) is 4.90 Å². The van der Waals surface area contributed by atoms with Crippen LogP contribution in [0.25, 0.3) is 0 Å². The zero-order chi connectivity index (χ0) is 13.0. The van der Waals surface area contributed by atoms with E-state index in [9.17, 15) is 9.59 Å². The van der Waals surface area contributed by atoms with Gasteiger partial charge >= 0.3 is 5.97 Å². The molecule has 5 heteroatoms. The monoisotopic (exact) mass is 271 g/mol. The molecule has 0 bridgehead atoms. The van der Waals surface area contributed by atoms with Crippen molar-refractivity contribution >= 4 is 23.6 Å². The average molecular weight is 271 g/mol. The summed E-state index contributed by atoms with van der Waals surface area (Å²) in [5.41, 5.74) is 0. The zero-order valence-electron chi connectivity index (χ0n) is 10.6. The molecule has 2 rings (SSSR count). The first-order valence-corrected chi connectivity index (χ1v) is 7.84. The summed E-state index contributed by atoms with van der Waals surface area (Å²) in [4.78, 5) is 25.0. The molecule has 4 nitrogen and oxygen atoms in total. The van der Waals surface area contributed by atoms with E-state index < -0.39 is 5.97 Å². The fraction of sp³-hybridized carbons (Fsp3) is 0.846. The van der Waals surface area contributed by atoms with Gasteiger partial charge in [0, 0.05) is 19.5 Å². The fourth-order valence-electron chi connectivity index (χ4n) is 2.82. The minimum atomic E-state index is -0.749. The molecule has 2 aliphatic heterocycles. The van der Waals surface area contributed by atoms with Crippen LogP contribution in [0.2, 0.25) is 0 Å². The van der Waals surface area contributed by atoms with E-state index in [4.69, 9.17) is 5.11 Å².